The highest BCUT2D eigenvalue weighted by Gasteiger charge is 2.17. The summed E-state index contributed by atoms with van der Waals surface area (Å²) >= 11 is 0. The predicted molar refractivity (Wildman–Crippen MR) is 92.7 cm³/mol. The Morgan fingerprint density at radius 2 is 1.81 bits per heavy atom. The van der Waals surface area contributed by atoms with E-state index in [1.807, 2.05) is 10.8 Å². The second-order valence-electron chi connectivity index (χ2n) is 5.79. The fraction of sp³-hybridized carbons (Fsp3) is 0.278. The summed E-state index contributed by atoms with van der Waals surface area (Å²) in [6.07, 6.45) is 10.1. The van der Waals surface area contributed by atoms with Crippen LogP contribution in [0.3, 0.4) is 0 Å². The smallest absolute Gasteiger partial charge is 0.407 e. The number of alkyl carbamates (subject to hydrolysis) is 1. The molecule has 0 fully saturated rings. The molecule has 0 spiro atoms. The third kappa shape index (κ3) is 5.17. The van der Waals surface area contributed by atoms with Crippen molar-refractivity contribution in [2.24, 2.45) is 0 Å². The predicted octanol–water partition coefficient (Wildman–Crippen LogP) is 2.78. The molecule has 136 valence electrons. The molecule has 1 atom stereocenters. The van der Waals surface area contributed by atoms with E-state index >= 15 is 0 Å². The molecule has 2 heterocycles. The van der Waals surface area contributed by atoms with Crippen molar-refractivity contribution in [1.82, 2.24) is 24.4 Å². The number of carbonyl (C=O) groups excluding carboxylic acids is 1. The Bertz CT molecular complexity index is 788. The highest BCUT2D eigenvalue weighted by Crippen LogP contribution is 2.20. The lowest BCUT2D eigenvalue weighted by Crippen LogP contribution is -2.28. The zero-order valence-electron chi connectivity index (χ0n) is 14.2. The van der Waals surface area contributed by atoms with Crippen LogP contribution < -0.4 is 5.32 Å². The lowest BCUT2D eigenvalue weighted by molar-refractivity contribution is 0.0871. The van der Waals surface area contributed by atoms with Gasteiger partial charge in [0.2, 0.25) is 0 Å². The van der Waals surface area contributed by atoms with Crippen molar-refractivity contribution >= 4 is 6.09 Å². The van der Waals surface area contributed by atoms with Crippen LogP contribution in [0.1, 0.15) is 18.1 Å². The van der Waals surface area contributed by atoms with E-state index in [-0.39, 0.29) is 5.82 Å². The fourth-order valence-corrected chi connectivity index (χ4v) is 2.52. The summed E-state index contributed by atoms with van der Waals surface area (Å²) in [5, 5.41) is 2.74. The molecule has 7 nitrogen and oxygen atoms in total. The van der Waals surface area contributed by atoms with Crippen LogP contribution in [0.4, 0.5) is 9.18 Å². The van der Waals surface area contributed by atoms with Crippen LogP contribution in [-0.2, 0) is 17.8 Å². The van der Waals surface area contributed by atoms with Crippen molar-refractivity contribution in [2.75, 3.05) is 6.54 Å². The van der Waals surface area contributed by atoms with Crippen LogP contribution in [0, 0.1) is 5.82 Å². The number of nitrogens with zero attached hydrogens (tertiary/aromatic N) is 4. The number of benzene rings is 1. The van der Waals surface area contributed by atoms with Crippen LogP contribution >= 0.6 is 0 Å². The summed E-state index contributed by atoms with van der Waals surface area (Å²) in [5.41, 5.74) is 0.716. The zero-order chi connectivity index (χ0) is 18.2. The van der Waals surface area contributed by atoms with E-state index in [0.717, 1.165) is 13.0 Å². The van der Waals surface area contributed by atoms with Crippen LogP contribution in [-0.4, -0.2) is 31.7 Å². The molecule has 0 radical (unpaired) electrons. The van der Waals surface area contributed by atoms with Gasteiger partial charge in [0.1, 0.15) is 11.9 Å². The van der Waals surface area contributed by atoms with Gasteiger partial charge in [0.25, 0.3) is 0 Å². The van der Waals surface area contributed by atoms with E-state index in [1.54, 1.807) is 47.9 Å². The molecule has 0 saturated carbocycles. The van der Waals surface area contributed by atoms with E-state index in [0.29, 0.717) is 18.7 Å². The van der Waals surface area contributed by atoms with E-state index in [1.165, 1.54) is 12.1 Å². The van der Waals surface area contributed by atoms with Gasteiger partial charge in [-0.15, -0.1) is 0 Å². The molecular formula is C18H20FN5O2. The minimum atomic E-state index is -0.543. The molecule has 0 aliphatic carbocycles. The molecule has 0 saturated heterocycles. The van der Waals surface area contributed by atoms with Gasteiger partial charge in [-0.25, -0.2) is 19.2 Å². The second-order valence-corrected chi connectivity index (χ2v) is 5.79. The number of aromatic nitrogens is 4. The molecule has 1 N–H and O–H groups in total. The highest BCUT2D eigenvalue weighted by molar-refractivity contribution is 5.67. The molecule has 26 heavy (non-hydrogen) atoms. The number of hydrogen-bond donors (Lipinski definition) is 1. The minimum Gasteiger partial charge on any atom is -0.439 e. The first kappa shape index (κ1) is 17.7. The van der Waals surface area contributed by atoms with E-state index in [9.17, 15) is 9.18 Å². The van der Waals surface area contributed by atoms with Crippen molar-refractivity contribution in [3.05, 3.63) is 73.1 Å². The van der Waals surface area contributed by atoms with Gasteiger partial charge in [-0.2, -0.15) is 0 Å². The van der Waals surface area contributed by atoms with Crippen molar-refractivity contribution in [1.29, 1.82) is 0 Å². The second kappa shape index (κ2) is 8.80. The normalized spacial score (nSPS) is 11.9. The minimum absolute atomic E-state index is 0.334. The van der Waals surface area contributed by atoms with Crippen molar-refractivity contribution in [3.63, 3.8) is 0 Å². The molecule has 1 aromatic carbocycles. The molecule has 1 amide bonds. The van der Waals surface area contributed by atoms with Gasteiger partial charge in [-0.1, -0.05) is 12.1 Å². The highest BCUT2D eigenvalue weighted by atomic mass is 19.1. The van der Waals surface area contributed by atoms with Gasteiger partial charge in [0.15, 0.2) is 0 Å². The maximum atomic E-state index is 13.2. The van der Waals surface area contributed by atoms with Crippen molar-refractivity contribution < 1.29 is 13.9 Å². The number of halogens is 1. The Kier molecular flexibility index (Phi) is 5.97. The Balaban J connectivity index is 1.54. The number of nitrogens with one attached hydrogen (secondary N) is 1. The topological polar surface area (TPSA) is 74.0 Å². The SMILES string of the molecule is O=C(NCCCn1ccnc1)O[C@@H](Cn1ccnc1)c1ccc(F)cc1. The van der Waals surface area contributed by atoms with Gasteiger partial charge in [0, 0.05) is 37.9 Å². The molecular weight excluding hydrogens is 337 g/mol. The Morgan fingerprint density at radius 3 is 2.46 bits per heavy atom. The standard InChI is InChI=1S/C18H20FN5O2/c19-16-4-2-15(3-5-16)17(12-24-11-8-21-14-24)26-18(25)22-6-1-9-23-10-7-20-13-23/h2-5,7-8,10-11,13-14,17H,1,6,9,12H2,(H,22,25)/t17-/m0/s1. The molecule has 3 aromatic rings. The maximum absolute atomic E-state index is 13.2. The summed E-state index contributed by atoms with van der Waals surface area (Å²) in [6.45, 7) is 1.64. The quantitative estimate of drug-likeness (QED) is 0.629. The number of hydrogen-bond acceptors (Lipinski definition) is 4. The summed E-state index contributed by atoms with van der Waals surface area (Å²) < 4.78 is 22.5. The molecule has 3 rings (SSSR count). The number of imidazole rings is 2. The third-order valence-corrected chi connectivity index (χ3v) is 3.85. The van der Waals surface area contributed by atoms with E-state index < -0.39 is 12.2 Å². The first-order chi connectivity index (χ1) is 12.7. The molecule has 2 aromatic heterocycles. The van der Waals surface area contributed by atoms with Crippen molar-refractivity contribution in [3.8, 4) is 0 Å². The lowest BCUT2D eigenvalue weighted by Gasteiger charge is -2.19. The Labute approximate surface area is 150 Å². The summed E-state index contributed by atoms with van der Waals surface area (Å²) in [6, 6.07) is 5.93. The van der Waals surface area contributed by atoms with Crippen LogP contribution in [0.2, 0.25) is 0 Å². The number of carbonyl (C=O) groups is 1. The van der Waals surface area contributed by atoms with Crippen molar-refractivity contribution in [2.45, 2.75) is 25.6 Å². The monoisotopic (exact) mass is 357 g/mol. The maximum Gasteiger partial charge on any atom is 0.407 e. The van der Waals surface area contributed by atoms with E-state index in [2.05, 4.69) is 15.3 Å². The van der Waals surface area contributed by atoms with Crippen LogP contribution in [0.5, 0.6) is 0 Å². The van der Waals surface area contributed by atoms with Gasteiger partial charge in [0.05, 0.1) is 19.2 Å². The van der Waals surface area contributed by atoms with Gasteiger partial charge < -0.3 is 19.2 Å². The third-order valence-electron chi connectivity index (χ3n) is 3.85. The number of amides is 1. The van der Waals surface area contributed by atoms with E-state index in [4.69, 9.17) is 4.74 Å². The number of aryl methyl sites for hydroxylation is 1. The molecule has 8 heteroatoms. The summed E-state index contributed by atoms with van der Waals surface area (Å²) in [4.78, 5) is 20.1. The Morgan fingerprint density at radius 1 is 1.12 bits per heavy atom. The first-order valence-corrected chi connectivity index (χ1v) is 8.32. The summed E-state index contributed by atoms with van der Waals surface area (Å²) in [7, 11) is 0. The summed E-state index contributed by atoms with van der Waals surface area (Å²) in [5.74, 6) is -0.334. The Hall–Kier alpha value is -3.16. The first-order valence-electron chi connectivity index (χ1n) is 8.32. The zero-order valence-corrected chi connectivity index (χ0v) is 14.2. The van der Waals surface area contributed by atoms with Crippen LogP contribution in [0.25, 0.3) is 0 Å². The number of rotatable bonds is 8. The number of ether oxygens (including phenoxy) is 1. The average Bonchev–Trinajstić information content (AvgIpc) is 3.33. The molecule has 0 bridgehead atoms. The van der Waals surface area contributed by atoms with Gasteiger partial charge >= 0.3 is 6.09 Å². The largest absolute Gasteiger partial charge is 0.439 e. The molecule has 0 unspecified atom stereocenters. The fourth-order valence-electron chi connectivity index (χ4n) is 2.52. The van der Waals surface area contributed by atoms with Gasteiger partial charge in [-0.05, 0) is 24.1 Å². The molecule has 0 aliphatic rings. The lowest BCUT2D eigenvalue weighted by atomic mass is 10.1. The average molecular weight is 357 g/mol. The molecule has 0 aliphatic heterocycles. The van der Waals surface area contributed by atoms with Crippen LogP contribution in [0.15, 0.2) is 61.7 Å². The van der Waals surface area contributed by atoms with Gasteiger partial charge in [-0.3, -0.25) is 0 Å².